The summed E-state index contributed by atoms with van der Waals surface area (Å²) in [5.74, 6) is 0. The predicted octanol–water partition coefficient (Wildman–Crippen LogP) is 2.67. The van der Waals surface area contributed by atoms with Crippen LogP contribution in [0.3, 0.4) is 0 Å². The number of rotatable bonds is 12. The molecule has 8 nitrogen and oxygen atoms in total. The Morgan fingerprint density at radius 1 is 0.677 bits per heavy atom. The summed E-state index contributed by atoms with van der Waals surface area (Å²) in [6.45, 7) is 6.04. The van der Waals surface area contributed by atoms with Crippen molar-refractivity contribution in [1.29, 1.82) is 0 Å². The van der Waals surface area contributed by atoms with Crippen LogP contribution >= 0.6 is 0 Å². The molecule has 0 radical (unpaired) electrons. The van der Waals surface area contributed by atoms with Gasteiger partial charge in [0.25, 0.3) is 0 Å². The van der Waals surface area contributed by atoms with Gasteiger partial charge in [-0.3, -0.25) is 9.98 Å². The van der Waals surface area contributed by atoms with E-state index in [1.807, 2.05) is 36.4 Å². The second kappa shape index (κ2) is 19.7. The summed E-state index contributed by atoms with van der Waals surface area (Å²) in [7, 11) is 0. The Bertz CT molecular complexity index is 688. The SMILES string of the molecule is [NH-]c1ccccc1C=NCCNCCN.[NH-]c1ccccc1C=NCCNCCN.[Ni+2]. The van der Waals surface area contributed by atoms with Gasteiger partial charge in [-0.2, -0.15) is 0 Å². The Labute approximate surface area is 195 Å². The van der Waals surface area contributed by atoms with Gasteiger partial charge in [-0.25, -0.2) is 0 Å². The quantitative estimate of drug-likeness (QED) is 0.215. The van der Waals surface area contributed by atoms with Crippen molar-refractivity contribution in [2.45, 2.75) is 0 Å². The maximum atomic E-state index is 7.59. The molecule has 0 saturated carbocycles. The van der Waals surface area contributed by atoms with Crippen LogP contribution in [0.15, 0.2) is 58.5 Å². The molecular formula is C22H34N8Ni. The van der Waals surface area contributed by atoms with E-state index in [9.17, 15) is 0 Å². The average molecular weight is 469 g/mol. The number of nitrogens with zero attached hydrogens (tertiary/aromatic N) is 2. The van der Waals surface area contributed by atoms with Crippen LogP contribution in [0, 0.1) is 0 Å². The van der Waals surface area contributed by atoms with E-state index in [1.54, 1.807) is 24.6 Å². The van der Waals surface area contributed by atoms with Crippen LogP contribution in [0.4, 0.5) is 11.4 Å². The number of nitrogens with one attached hydrogen (secondary N) is 4. The molecule has 0 atom stereocenters. The van der Waals surface area contributed by atoms with Crippen molar-refractivity contribution in [2.24, 2.45) is 21.5 Å². The molecule has 0 aliphatic rings. The number of hydrogen-bond donors (Lipinski definition) is 4. The topological polar surface area (TPSA) is 148 Å². The molecule has 2 aromatic carbocycles. The fourth-order valence-corrected chi connectivity index (χ4v) is 2.29. The van der Waals surface area contributed by atoms with Crippen LogP contribution in [0.1, 0.15) is 11.1 Å². The molecule has 8 N–H and O–H groups in total. The third kappa shape index (κ3) is 14.4. The third-order valence-corrected chi connectivity index (χ3v) is 3.86. The zero-order valence-corrected chi connectivity index (χ0v) is 18.8. The third-order valence-electron chi connectivity index (χ3n) is 3.86. The van der Waals surface area contributed by atoms with Crippen LogP contribution in [-0.4, -0.2) is 64.8 Å². The van der Waals surface area contributed by atoms with Gasteiger partial charge in [-0.05, 0) is 11.1 Å². The molecule has 172 valence electrons. The summed E-state index contributed by atoms with van der Waals surface area (Å²) in [4.78, 5) is 8.45. The summed E-state index contributed by atoms with van der Waals surface area (Å²) >= 11 is 0. The second-order valence-corrected chi connectivity index (χ2v) is 6.32. The Hall–Kier alpha value is -2.29. The minimum absolute atomic E-state index is 0. The molecule has 0 aromatic heterocycles. The molecule has 0 fully saturated rings. The van der Waals surface area contributed by atoms with E-state index >= 15 is 0 Å². The Morgan fingerprint density at radius 3 is 1.42 bits per heavy atom. The van der Waals surface area contributed by atoms with Crippen LogP contribution < -0.4 is 22.1 Å². The molecule has 0 saturated heterocycles. The molecule has 0 unspecified atom stereocenters. The van der Waals surface area contributed by atoms with Crippen molar-refractivity contribution in [1.82, 2.24) is 10.6 Å². The monoisotopic (exact) mass is 468 g/mol. The molecule has 0 aliphatic carbocycles. The summed E-state index contributed by atoms with van der Waals surface area (Å²) in [5, 5.41) is 6.30. The van der Waals surface area contributed by atoms with E-state index in [0.29, 0.717) is 37.6 Å². The zero-order valence-electron chi connectivity index (χ0n) is 17.8. The second-order valence-electron chi connectivity index (χ2n) is 6.32. The first-order valence-electron chi connectivity index (χ1n) is 10.1. The van der Waals surface area contributed by atoms with E-state index in [2.05, 4.69) is 20.6 Å². The standard InChI is InChI=1S/2C11H17N4.Ni/c2*12-5-6-14-7-8-15-9-10-3-1-2-4-11(10)13;/h2*1-4,9,13-14H,5-8,12H2;/q2*-1;+2. The van der Waals surface area contributed by atoms with Gasteiger partial charge in [-0.15, -0.1) is 11.4 Å². The minimum Gasteiger partial charge on any atom is -0.698 e. The first-order chi connectivity index (χ1) is 14.7. The molecule has 2 rings (SSSR count). The van der Waals surface area contributed by atoms with Gasteiger partial charge in [0.05, 0.1) is 13.1 Å². The van der Waals surface area contributed by atoms with Gasteiger partial charge in [0.2, 0.25) is 0 Å². The van der Waals surface area contributed by atoms with Crippen LogP contribution in [-0.2, 0) is 16.5 Å². The largest absolute Gasteiger partial charge is 2.00 e. The predicted molar refractivity (Wildman–Crippen MR) is 130 cm³/mol. The minimum atomic E-state index is 0. The van der Waals surface area contributed by atoms with E-state index in [-0.39, 0.29) is 16.5 Å². The molecule has 0 aliphatic heterocycles. The molecule has 2 aromatic rings. The van der Waals surface area contributed by atoms with Gasteiger partial charge >= 0.3 is 16.5 Å². The van der Waals surface area contributed by atoms with Crippen molar-refractivity contribution in [3.63, 3.8) is 0 Å². The van der Waals surface area contributed by atoms with Gasteiger partial charge in [0.1, 0.15) is 0 Å². The zero-order chi connectivity index (χ0) is 21.9. The molecule has 0 heterocycles. The molecule has 31 heavy (non-hydrogen) atoms. The van der Waals surface area contributed by atoms with Gasteiger partial charge in [0.15, 0.2) is 0 Å². The van der Waals surface area contributed by atoms with Crippen LogP contribution in [0.25, 0.3) is 11.5 Å². The molecular weight excluding hydrogens is 435 g/mol. The van der Waals surface area contributed by atoms with Crippen molar-refractivity contribution in [2.75, 3.05) is 52.4 Å². The van der Waals surface area contributed by atoms with E-state index in [0.717, 1.165) is 37.3 Å². The molecule has 0 amide bonds. The van der Waals surface area contributed by atoms with Crippen molar-refractivity contribution in [3.05, 3.63) is 71.1 Å². The normalized spacial score (nSPS) is 10.6. The summed E-state index contributed by atoms with van der Waals surface area (Å²) in [5.41, 5.74) is 28.6. The number of benzene rings is 2. The first kappa shape index (κ1) is 28.7. The fourth-order valence-electron chi connectivity index (χ4n) is 2.29. The maximum absolute atomic E-state index is 7.59. The van der Waals surface area contributed by atoms with Crippen molar-refractivity contribution < 1.29 is 16.5 Å². The van der Waals surface area contributed by atoms with Gasteiger partial charge in [-0.1, -0.05) is 48.5 Å². The fraction of sp³-hybridized carbons (Fsp3) is 0.364. The number of nitrogens with two attached hydrogens (primary N) is 2. The smallest absolute Gasteiger partial charge is 0.698 e. The Balaban J connectivity index is 0.000000562. The summed E-state index contributed by atoms with van der Waals surface area (Å²) < 4.78 is 0. The van der Waals surface area contributed by atoms with Gasteiger partial charge < -0.3 is 33.6 Å². The molecule has 0 spiro atoms. The number of aliphatic imine (C=N–C) groups is 2. The van der Waals surface area contributed by atoms with E-state index < -0.39 is 0 Å². The van der Waals surface area contributed by atoms with E-state index in [1.165, 1.54) is 0 Å². The summed E-state index contributed by atoms with van der Waals surface area (Å²) in [6, 6.07) is 14.8. The summed E-state index contributed by atoms with van der Waals surface area (Å²) in [6.07, 6.45) is 3.49. The average Bonchev–Trinajstić information content (AvgIpc) is 2.76. The van der Waals surface area contributed by atoms with Crippen LogP contribution in [0.2, 0.25) is 0 Å². The van der Waals surface area contributed by atoms with Crippen LogP contribution in [0.5, 0.6) is 0 Å². The first-order valence-corrected chi connectivity index (χ1v) is 10.1. The Morgan fingerprint density at radius 2 is 1.06 bits per heavy atom. The Kier molecular flexibility index (Phi) is 18.2. The van der Waals surface area contributed by atoms with E-state index in [4.69, 9.17) is 22.9 Å². The van der Waals surface area contributed by atoms with Crippen molar-refractivity contribution >= 4 is 23.8 Å². The molecule has 9 heteroatoms. The maximum Gasteiger partial charge on any atom is 2.00 e. The van der Waals surface area contributed by atoms with Gasteiger partial charge in [0, 0.05) is 51.7 Å². The van der Waals surface area contributed by atoms with Crippen molar-refractivity contribution in [3.8, 4) is 0 Å². The number of hydrogen-bond acceptors (Lipinski definition) is 6. The molecule has 0 bridgehead atoms.